The second kappa shape index (κ2) is 7.41. The van der Waals surface area contributed by atoms with Crippen LogP contribution in [0.4, 0.5) is 0 Å². The van der Waals surface area contributed by atoms with Gasteiger partial charge in [0.2, 0.25) is 5.91 Å². The van der Waals surface area contributed by atoms with Crippen LogP contribution >= 0.6 is 0 Å². The third-order valence-corrected chi connectivity index (χ3v) is 2.73. The van der Waals surface area contributed by atoms with Crippen LogP contribution in [-0.4, -0.2) is 30.1 Å². The number of carboxylic acid groups (broad SMARTS) is 1. The first-order valence-corrected chi connectivity index (χ1v) is 6.13. The Kier molecular flexibility index (Phi) is 5.85. The Labute approximate surface area is 112 Å². The molecule has 0 aliphatic carbocycles. The molecular formula is C14H19NO4. The largest absolute Gasteiger partial charge is 0.497 e. The molecule has 0 aromatic heterocycles. The summed E-state index contributed by atoms with van der Waals surface area (Å²) in [5.74, 6) is -0.267. The zero-order chi connectivity index (χ0) is 14.3. The molecular weight excluding hydrogens is 246 g/mol. The third-order valence-electron chi connectivity index (χ3n) is 2.73. The van der Waals surface area contributed by atoms with Gasteiger partial charge in [0, 0.05) is 19.4 Å². The minimum Gasteiger partial charge on any atom is -0.497 e. The summed E-state index contributed by atoms with van der Waals surface area (Å²) in [6.45, 7) is 1.43. The maximum atomic E-state index is 11.1. The Hall–Kier alpha value is -2.04. The lowest BCUT2D eigenvalue weighted by Gasteiger charge is -2.17. The van der Waals surface area contributed by atoms with Gasteiger partial charge in [-0.05, 0) is 30.5 Å². The summed E-state index contributed by atoms with van der Waals surface area (Å²) in [5.41, 5.74) is 1.00. The average Bonchev–Trinajstić information content (AvgIpc) is 2.35. The second-order valence-electron chi connectivity index (χ2n) is 4.39. The number of methoxy groups -OCH3 is 1. The normalized spacial score (nSPS) is 11.7. The lowest BCUT2D eigenvalue weighted by Crippen LogP contribution is -2.35. The van der Waals surface area contributed by atoms with Crippen molar-refractivity contribution < 1.29 is 19.4 Å². The van der Waals surface area contributed by atoms with E-state index in [0.29, 0.717) is 12.8 Å². The van der Waals surface area contributed by atoms with E-state index in [1.54, 1.807) is 7.11 Å². The molecule has 1 amide bonds. The fourth-order valence-corrected chi connectivity index (χ4v) is 1.89. The van der Waals surface area contributed by atoms with E-state index in [2.05, 4.69) is 5.32 Å². The smallest absolute Gasteiger partial charge is 0.303 e. The molecule has 0 aliphatic rings. The van der Waals surface area contributed by atoms with E-state index < -0.39 is 5.97 Å². The fraction of sp³-hybridized carbons (Fsp3) is 0.429. The molecule has 19 heavy (non-hydrogen) atoms. The van der Waals surface area contributed by atoms with Crippen molar-refractivity contribution in [3.05, 3.63) is 29.8 Å². The maximum Gasteiger partial charge on any atom is 0.303 e. The number of carbonyl (C=O) groups excluding carboxylic acids is 1. The highest BCUT2D eigenvalue weighted by Crippen LogP contribution is 2.15. The summed E-state index contributed by atoms with van der Waals surface area (Å²) in [5, 5.41) is 11.5. The SMILES string of the molecule is COc1cccc(CC(CCC(=O)O)NC(C)=O)c1. The first-order valence-electron chi connectivity index (χ1n) is 6.13. The van der Waals surface area contributed by atoms with Gasteiger partial charge in [0.05, 0.1) is 7.11 Å². The van der Waals surface area contributed by atoms with Crippen molar-refractivity contribution in [2.24, 2.45) is 0 Å². The lowest BCUT2D eigenvalue weighted by atomic mass is 10.0. The van der Waals surface area contributed by atoms with Gasteiger partial charge in [0.1, 0.15) is 5.75 Å². The number of hydrogen-bond donors (Lipinski definition) is 2. The summed E-state index contributed by atoms with van der Waals surface area (Å²) < 4.78 is 5.13. The Balaban J connectivity index is 2.68. The van der Waals surface area contributed by atoms with Gasteiger partial charge < -0.3 is 15.2 Å². The molecule has 0 radical (unpaired) electrons. The summed E-state index contributed by atoms with van der Waals surface area (Å²) >= 11 is 0. The van der Waals surface area contributed by atoms with Crippen LogP contribution in [0.15, 0.2) is 24.3 Å². The van der Waals surface area contributed by atoms with E-state index >= 15 is 0 Å². The molecule has 1 aromatic rings. The summed E-state index contributed by atoms with van der Waals surface area (Å²) in [7, 11) is 1.59. The average molecular weight is 265 g/mol. The van der Waals surface area contributed by atoms with Crippen molar-refractivity contribution >= 4 is 11.9 Å². The van der Waals surface area contributed by atoms with Crippen molar-refractivity contribution in [2.45, 2.75) is 32.2 Å². The van der Waals surface area contributed by atoms with E-state index in [1.807, 2.05) is 24.3 Å². The number of carbonyl (C=O) groups is 2. The van der Waals surface area contributed by atoms with Gasteiger partial charge in [0.25, 0.3) is 0 Å². The van der Waals surface area contributed by atoms with Crippen LogP contribution in [0.2, 0.25) is 0 Å². The van der Waals surface area contributed by atoms with Gasteiger partial charge in [-0.25, -0.2) is 0 Å². The quantitative estimate of drug-likeness (QED) is 0.785. The number of carboxylic acids is 1. The highest BCUT2D eigenvalue weighted by atomic mass is 16.5. The van der Waals surface area contributed by atoms with E-state index in [-0.39, 0.29) is 18.4 Å². The van der Waals surface area contributed by atoms with Crippen LogP contribution in [0, 0.1) is 0 Å². The molecule has 0 spiro atoms. The van der Waals surface area contributed by atoms with Gasteiger partial charge in [0.15, 0.2) is 0 Å². The minimum atomic E-state index is -0.860. The van der Waals surface area contributed by atoms with Crippen LogP contribution in [0.3, 0.4) is 0 Å². The molecule has 0 fully saturated rings. The van der Waals surface area contributed by atoms with E-state index in [1.165, 1.54) is 6.92 Å². The van der Waals surface area contributed by atoms with Crippen LogP contribution < -0.4 is 10.1 Å². The molecule has 1 atom stereocenters. The Morgan fingerprint density at radius 3 is 2.74 bits per heavy atom. The number of aliphatic carboxylic acids is 1. The molecule has 1 rings (SSSR count). The molecule has 5 heteroatoms. The van der Waals surface area contributed by atoms with Gasteiger partial charge >= 0.3 is 5.97 Å². The van der Waals surface area contributed by atoms with Crippen LogP contribution in [0.5, 0.6) is 5.75 Å². The Bertz CT molecular complexity index is 445. The van der Waals surface area contributed by atoms with E-state index in [0.717, 1.165) is 11.3 Å². The molecule has 104 valence electrons. The van der Waals surface area contributed by atoms with E-state index in [9.17, 15) is 9.59 Å². The van der Waals surface area contributed by atoms with Gasteiger partial charge in [-0.1, -0.05) is 12.1 Å². The van der Waals surface area contributed by atoms with Gasteiger partial charge in [-0.15, -0.1) is 0 Å². The zero-order valence-corrected chi connectivity index (χ0v) is 11.2. The topological polar surface area (TPSA) is 75.6 Å². The minimum absolute atomic E-state index is 0.0366. The molecule has 1 unspecified atom stereocenters. The maximum absolute atomic E-state index is 11.1. The van der Waals surface area contributed by atoms with Crippen molar-refractivity contribution in [3.63, 3.8) is 0 Å². The van der Waals surface area contributed by atoms with Crippen molar-refractivity contribution in [2.75, 3.05) is 7.11 Å². The molecule has 0 saturated heterocycles. The standard InChI is InChI=1S/C14H19NO4/c1-10(16)15-12(6-7-14(17)18)8-11-4-3-5-13(9-11)19-2/h3-5,9,12H,6-8H2,1-2H3,(H,15,16)(H,17,18). The molecule has 0 saturated carbocycles. The molecule has 0 heterocycles. The Morgan fingerprint density at radius 2 is 2.16 bits per heavy atom. The van der Waals surface area contributed by atoms with Crippen molar-refractivity contribution in [1.82, 2.24) is 5.32 Å². The molecule has 5 nitrogen and oxygen atoms in total. The predicted molar refractivity (Wildman–Crippen MR) is 71.2 cm³/mol. The van der Waals surface area contributed by atoms with Crippen molar-refractivity contribution in [3.8, 4) is 5.75 Å². The fourth-order valence-electron chi connectivity index (χ4n) is 1.89. The van der Waals surface area contributed by atoms with E-state index in [4.69, 9.17) is 9.84 Å². The van der Waals surface area contributed by atoms with Crippen LogP contribution in [-0.2, 0) is 16.0 Å². The number of nitrogens with one attached hydrogen (secondary N) is 1. The summed E-state index contributed by atoms with van der Waals surface area (Å²) in [6, 6.07) is 7.35. The number of ether oxygens (including phenoxy) is 1. The monoisotopic (exact) mass is 265 g/mol. The van der Waals surface area contributed by atoms with Crippen molar-refractivity contribution in [1.29, 1.82) is 0 Å². The Morgan fingerprint density at radius 1 is 1.42 bits per heavy atom. The molecule has 0 bridgehead atoms. The van der Waals surface area contributed by atoms with Gasteiger partial charge in [-0.3, -0.25) is 9.59 Å². The second-order valence-corrected chi connectivity index (χ2v) is 4.39. The lowest BCUT2D eigenvalue weighted by molar-refractivity contribution is -0.137. The highest BCUT2D eigenvalue weighted by molar-refractivity contribution is 5.73. The molecule has 0 aliphatic heterocycles. The van der Waals surface area contributed by atoms with Crippen LogP contribution in [0.25, 0.3) is 0 Å². The molecule has 1 aromatic carbocycles. The first-order chi connectivity index (χ1) is 9.01. The van der Waals surface area contributed by atoms with Crippen LogP contribution in [0.1, 0.15) is 25.3 Å². The number of hydrogen-bond acceptors (Lipinski definition) is 3. The number of amides is 1. The van der Waals surface area contributed by atoms with Gasteiger partial charge in [-0.2, -0.15) is 0 Å². The first kappa shape index (κ1) is 15.0. The zero-order valence-electron chi connectivity index (χ0n) is 11.2. The third kappa shape index (κ3) is 5.90. The molecule has 2 N–H and O–H groups in total. The summed E-state index contributed by atoms with van der Waals surface area (Å²) in [6.07, 6.45) is 1.03. The highest BCUT2D eigenvalue weighted by Gasteiger charge is 2.13. The predicted octanol–water partition coefficient (Wildman–Crippen LogP) is 1.61. The summed E-state index contributed by atoms with van der Waals surface area (Å²) in [4.78, 5) is 21.7. The number of rotatable bonds is 7. The number of benzene rings is 1.